The van der Waals surface area contributed by atoms with Crippen molar-refractivity contribution in [2.75, 3.05) is 11.9 Å². The molecule has 0 bridgehead atoms. The van der Waals surface area contributed by atoms with Gasteiger partial charge in [0.15, 0.2) is 0 Å². The lowest BCUT2D eigenvalue weighted by Gasteiger charge is -2.23. The predicted molar refractivity (Wildman–Crippen MR) is 131 cm³/mol. The average Bonchev–Trinajstić information content (AvgIpc) is 3.44. The van der Waals surface area contributed by atoms with Crippen molar-refractivity contribution in [3.8, 4) is 0 Å². The summed E-state index contributed by atoms with van der Waals surface area (Å²) in [7, 11) is 0. The summed E-state index contributed by atoms with van der Waals surface area (Å²) in [6, 6.07) is 18.4. The lowest BCUT2D eigenvalue weighted by Crippen LogP contribution is -2.38. The fourth-order valence-corrected chi connectivity index (χ4v) is 4.75. The van der Waals surface area contributed by atoms with E-state index in [1.807, 2.05) is 12.1 Å². The lowest BCUT2D eigenvalue weighted by molar-refractivity contribution is -0.763. The van der Waals surface area contributed by atoms with Gasteiger partial charge in [-0.2, -0.15) is 4.37 Å². The van der Waals surface area contributed by atoms with Crippen LogP contribution in [0.1, 0.15) is 37.8 Å². The highest BCUT2D eigenvalue weighted by Crippen LogP contribution is 2.28. The Labute approximate surface area is 208 Å². The van der Waals surface area contributed by atoms with E-state index in [1.54, 1.807) is 60.8 Å². The number of nitrogens with one attached hydrogen (secondary N) is 1. The van der Waals surface area contributed by atoms with E-state index >= 15 is 0 Å². The van der Waals surface area contributed by atoms with Gasteiger partial charge in [0.1, 0.15) is 6.61 Å². The van der Waals surface area contributed by atoms with Gasteiger partial charge >= 0.3 is 0 Å². The molecular formula is C25H18N4O6S. The van der Waals surface area contributed by atoms with E-state index < -0.39 is 28.7 Å². The molecule has 1 aliphatic rings. The van der Waals surface area contributed by atoms with Crippen LogP contribution in [-0.4, -0.2) is 38.6 Å². The molecule has 11 heteroatoms. The molecule has 3 aromatic carbocycles. The first-order valence-corrected chi connectivity index (χ1v) is 11.6. The van der Waals surface area contributed by atoms with Crippen LogP contribution >= 0.6 is 11.5 Å². The van der Waals surface area contributed by atoms with Crippen molar-refractivity contribution in [2.45, 2.75) is 12.5 Å². The van der Waals surface area contributed by atoms with Crippen molar-refractivity contribution in [3.63, 3.8) is 0 Å². The Kier molecular flexibility index (Phi) is 6.13. The number of amides is 3. The minimum Gasteiger partial charge on any atom is -0.325 e. The Bertz CT molecular complexity index is 1460. The summed E-state index contributed by atoms with van der Waals surface area (Å²) in [6.07, 6.45) is 1.74. The van der Waals surface area contributed by atoms with E-state index in [4.69, 9.17) is 0 Å². The van der Waals surface area contributed by atoms with E-state index in [1.165, 1.54) is 11.5 Å². The zero-order valence-electron chi connectivity index (χ0n) is 18.6. The summed E-state index contributed by atoms with van der Waals surface area (Å²) in [6.45, 7) is -0.414. The second-order valence-corrected chi connectivity index (χ2v) is 8.96. The van der Waals surface area contributed by atoms with E-state index in [-0.39, 0.29) is 13.2 Å². The van der Waals surface area contributed by atoms with Gasteiger partial charge in [-0.1, -0.05) is 36.4 Å². The number of benzene rings is 3. The van der Waals surface area contributed by atoms with Crippen molar-refractivity contribution in [3.05, 3.63) is 105 Å². The molecule has 1 aliphatic heterocycles. The van der Waals surface area contributed by atoms with E-state index in [0.29, 0.717) is 27.9 Å². The van der Waals surface area contributed by atoms with Crippen LogP contribution in [0.2, 0.25) is 0 Å². The van der Waals surface area contributed by atoms with Crippen molar-refractivity contribution in [2.24, 2.45) is 0 Å². The molecule has 3 amide bonds. The SMILES string of the molecule is O=C(Nc1ccc2cnsc2c1)[C@H](CN1C(=O)c2ccccc2C1=O)c1ccc(CO[N+](=O)[O-])cc1. The van der Waals surface area contributed by atoms with E-state index in [2.05, 4.69) is 14.5 Å². The largest absolute Gasteiger partial charge is 0.325 e. The molecule has 36 heavy (non-hydrogen) atoms. The molecule has 180 valence electrons. The molecule has 0 aliphatic carbocycles. The first-order valence-electron chi connectivity index (χ1n) is 10.9. The molecule has 0 saturated heterocycles. The number of anilines is 1. The maximum atomic E-state index is 13.5. The summed E-state index contributed by atoms with van der Waals surface area (Å²) >= 11 is 1.30. The Hall–Kier alpha value is -4.64. The normalized spacial score (nSPS) is 13.5. The first kappa shape index (κ1) is 23.1. The number of nitrogens with zero attached hydrogens (tertiary/aromatic N) is 3. The summed E-state index contributed by atoms with van der Waals surface area (Å²) < 4.78 is 5.04. The summed E-state index contributed by atoms with van der Waals surface area (Å²) in [5, 5.41) is 13.4. The predicted octanol–water partition coefficient (Wildman–Crippen LogP) is 4.02. The van der Waals surface area contributed by atoms with Crippen LogP contribution in [0.3, 0.4) is 0 Å². The molecule has 0 fully saturated rings. The molecule has 2 heterocycles. The van der Waals surface area contributed by atoms with Gasteiger partial charge in [0, 0.05) is 23.8 Å². The molecule has 1 aromatic heterocycles. The highest BCUT2D eigenvalue weighted by Gasteiger charge is 2.38. The molecule has 10 nitrogen and oxygen atoms in total. The van der Waals surface area contributed by atoms with Crippen LogP contribution in [0.25, 0.3) is 10.1 Å². The van der Waals surface area contributed by atoms with Gasteiger partial charge in [-0.05, 0) is 53.0 Å². The zero-order chi connectivity index (χ0) is 25.2. The summed E-state index contributed by atoms with van der Waals surface area (Å²) in [4.78, 5) is 55.4. The Morgan fingerprint density at radius 1 is 1.06 bits per heavy atom. The first-order chi connectivity index (χ1) is 17.4. The molecule has 0 unspecified atom stereocenters. The van der Waals surface area contributed by atoms with Crippen molar-refractivity contribution >= 4 is 45.0 Å². The molecule has 4 aromatic rings. The molecule has 1 atom stereocenters. The Morgan fingerprint density at radius 2 is 1.75 bits per heavy atom. The molecule has 0 radical (unpaired) electrons. The van der Waals surface area contributed by atoms with E-state index in [9.17, 15) is 24.5 Å². The third-order valence-corrected chi connectivity index (χ3v) is 6.66. The number of hydrogen-bond donors (Lipinski definition) is 1. The molecular weight excluding hydrogens is 484 g/mol. The summed E-state index contributed by atoms with van der Waals surface area (Å²) in [5.74, 6) is -2.23. The van der Waals surface area contributed by atoms with Gasteiger partial charge in [-0.25, -0.2) is 0 Å². The van der Waals surface area contributed by atoms with Crippen molar-refractivity contribution in [1.82, 2.24) is 9.27 Å². The highest BCUT2D eigenvalue weighted by molar-refractivity contribution is 7.13. The molecule has 5 rings (SSSR count). The standard InChI is InChI=1S/C25H18N4O6S/c30-23(27-18-10-9-17-12-26-36-22(17)11-18)21(16-7-5-15(6-8-16)14-35-29(33)34)13-28-24(31)19-3-1-2-4-20(19)25(28)32/h1-12,21H,13-14H2,(H,27,30)/t21-/m1/s1. The third kappa shape index (κ3) is 4.51. The van der Waals surface area contributed by atoms with Gasteiger partial charge in [0.05, 0.1) is 21.7 Å². The second kappa shape index (κ2) is 9.55. The minimum absolute atomic E-state index is 0.175. The third-order valence-electron chi connectivity index (χ3n) is 5.90. The minimum atomic E-state index is -0.894. The van der Waals surface area contributed by atoms with Gasteiger partial charge in [0.2, 0.25) is 5.91 Å². The average molecular weight is 503 g/mol. The van der Waals surface area contributed by atoms with Gasteiger partial charge in [-0.3, -0.25) is 19.3 Å². The zero-order valence-corrected chi connectivity index (χ0v) is 19.4. The highest BCUT2D eigenvalue weighted by atomic mass is 32.1. The van der Waals surface area contributed by atoms with Crippen molar-refractivity contribution < 1.29 is 24.3 Å². The lowest BCUT2D eigenvalue weighted by atomic mass is 9.96. The van der Waals surface area contributed by atoms with Crippen molar-refractivity contribution in [1.29, 1.82) is 0 Å². The fourth-order valence-electron chi connectivity index (χ4n) is 4.07. The number of hydrogen-bond acceptors (Lipinski definition) is 8. The van der Waals surface area contributed by atoms with Crippen LogP contribution in [0.4, 0.5) is 5.69 Å². The van der Waals surface area contributed by atoms with Crippen LogP contribution in [0.15, 0.2) is 72.9 Å². The van der Waals surface area contributed by atoms with Gasteiger partial charge in [-0.15, -0.1) is 10.1 Å². The van der Waals surface area contributed by atoms with Crippen LogP contribution in [-0.2, 0) is 16.2 Å². The van der Waals surface area contributed by atoms with Crippen LogP contribution < -0.4 is 5.32 Å². The smallest absolute Gasteiger partial charge is 0.294 e. The monoisotopic (exact) mass is 502 g/mol. The number of imide groups is 1. The van der Waals surface area contributed by atoms with E-state index in [0.717, 1.165) is 15.0 Å². The maximum Gasteiger partial charge on any atom is 0.294 e. The van der Waals surface area contributed by atoms with Crippen LogP contribution in [0.5, 0.6) is 0 Å². The number of aromatic nitrogens is 1. The fraction of sp³-hybridized carbons (Fsp3) is 0.120. The Morgan fingerprint density at radius 3 is 2.42 bits per heavy atom. The second-order valence-electron chi connectivity index (χ2n) is 8.13. The number of fused-ring (bicyclic) bond motifs is 2. The van der Waals surface area contributed by atoms with Gasteiger partial charge in [0.25, 0.3) is 16.9 Å². The molecule has 1 N–H and O–H groups in total. The van der Waals surface area contributed by atoms with Gasteiger partial charge < -0.3 is 10.2 Å². The topological polar surface area (TPSA) is 132 Å². The Balaban J connectivity index is 1.43. The molecule has 0 spiro atoms. The summed E-state index contributed by atoms with van der Waals surface area (Å²) in [5.41, 5.74) is 2.22. The number of carbonyl (C=O) groups is 3. The maximum absolute atomic E-state index is 13.5. The van der Waals surface area contributed by atoms with Crippen LogP contribution in [0, 0.1) is 10.1 Å². The number of rotatable bonds is 8. The molecule has 0 saturated carbocycles. The quantitative estimate of drug-likeness (QED) is 0.219. The number of carbonyl (C=O) groups excluding carboxylic acids is 3.